The van der Waals surface area contributed by atoms with Crippen molar-refractivity contribution < 1.29 is 23.9 Å². The topological polar surface area (TPSA) is 144 Å². The summed E-state index contributed by atoms with van der Waals surface area (Å²) in [6.45, 7) is -0.0541. The van der Waals surface area contributed by atoms with Crippen LogP contribution in [0.4, 0.5) is 10.2 Å². The smallest absolute Gasteiger partial charge is 0.305 e. The fourth-order valence-electron chi connectivity index (χ4n) is 3.38. The summed E-state index contributed by atoms with van der Waals surface area (Å²) in [6.07, 6.45) is 0.236. The summed E-state index contributed by atoms with van der Waals surface area (Å²) < 4.78 is 13.5. The average Bonchev–Trinajstić information content (AvgIpc) is 2.87. The number of nitrogens with one attached hydrogen (secondary N) is 3. The van der Waals surface area contributed by atoms with Crippen molar-refractivity contribution in [2.45, 2.75) is 12.8 Å². The van der Waals surface area contributed by atoms with Crippen molar-refractivity contribution in [2.24, 2.45) is 0 Å². The predicted octanol–water partition coefficient (Wildman–Crippen LogP) is 2.73. The van der Waals surface area contributed by atoms with Gasteiger partial charge in [-0.15, -0.1) is 0 Å². The zero-order valence-corrected chi connectivity index (χ0v) is 19.3. The van der Waals surface area contributed by atoms with Gasteiger partial charge < -0.3 is 21.1 Å². The van der Waals surface area contributed by atoms with E-state index in [0.29, 0.717) is 29.8 Å². The Labute approximate surface area is 207 Å². The third-order valence-corrected chi connectivity index (χ3v) is 5.13. The first kappa shape index (κ1) is 25.8. The maximum atomic E-state index is 13.5. The number of pyridine rings is 1. The number of aromatic nitrogens is 1. The van der Waals surface area contributed by atoms with Crippen molar-refractivity contribution in [1.82, 2.24) is 15.6 Å². The van der Waals surface area contributed by atoms with E-state index in [-0.39, 0.29) is 36.7 Å². The molecule has 0 aliphatic rings. The summed E-state index contributed by atoms with van der Waals surface area (Å²) in [5.41, 5.74) is 2.43. The summed E-state index contributed by atoms with van der Waals surface area (Å²) in [4.78, 5) is 39.9. The number of rotatable bonds is 11. The number of nitriles is 1. The molecule has 0 saturated heterocycles. The molecule has 2 aromatic carbocycles. The number of carboxylic acids is 1. The van der Waals surface area contributed by atoms with Crippen LogP contribution in [0.1, 0.15) is 27.9 Å². The second kappa shape index (κ2) is 12.6. The van der Waals surface area contributed by atoms with Gasteiger partial charge in [-0.2, -0.15) is 5.26 Å². The number of carbonyl (C=O) groups excluding carboxylic acids is 2. The molecule has 0 aliphatic heterocycles. The van der Waals surface area contributed by atoms with E-state index in [2.05, 4.69) is 27.0 Å². The molecule has 0 atom stereocenters. The van der Waals surface area contributed by atoms with Crippen molar-refractivity contribution in [3.8, 4) is 17.3 Å². The van der Waals surface area contributed by atoms with Crippen LogP contribution < -0.4 is 16.0 Å². The van der Waals surface area contributed by atoms with E-state index in [1.54, 1.807) is 48.5 Å². The summed E-state index contributed by atoms with van der Waals surface area (Å²) in [7, 11) is 0. The highest BCUT2D eigenvalue weighted by atomic mass is 19.1. The van der Waals surface area contributed by atoms with E-state index >= 15 is 0 Å². The molecule has 0 fully saturated rings. The molecule has 0 radical (unpaired) electrons. The van der Waals surface area contributed by atoms with Crippen molar-refractivity contribution in [2.75, 3.05) is 25.0 Å². The lowest BCUT2D eigenvalue weighted by Crippen LogP contribution is -2.38. The number of nitrogens with zero attached hydrogens (tertiary/aromatic N) is 2. The summed E-state index contributed by atoms with van der Waals surface area (Å²) in [6, 6.07) is 18.4. The Bertz CT molecular complexity index is 1310. The zero-order chi connectivity index (χ0) is 25.9. The quantitative estimate of drug-likeness (QED) is 0.324. The highest BCUT2D eigenvalue weighted by Gasteiger charge is 2.16. The molecule has 36 heavy (non-hydrogen) atoms. The number of hydrogen-bond donors (Lipinski definition) is 4. The number of aliphatic carboxylic acids is 1. The normalized spacial score (nSPS) is 10.2. The van der Waals surface area contributed by atoms with Crippen molar-refractivity contribution in [3.63, 3.8) is 0 Å². The predicted molar refractivity (Wildman–Crippen MR) is 131 cm³/mol. The molecule has 3 rings (SSSR count). The number of amides is 2. The summed E-state index contributed by atoms with van der Waals surface area (Å²) >= 11 is 0. The molecule has 184 valence electrons. The Morgan fingerprint density at radius 3 is 2.56 bits per heavy atom. The lowest BCUT2D eigenvalue weighted by molar-refractivity contribution is -0.136. The SMILES string of the molecule is N#Cc1ccccc1-c1ccc(C(=O)NCC(=O)NCCC(=O)O)c(NCCc2cccc(F)c2)n1. The number of hydrogen-bond acceptors (Lipinski definition) is 6. The third-order valence-electron chi connectivity index (χ3n) is 5.13. The minimum atomic E-state index is -1.04. The molecule has 3 aromatic rings. The monoisotopic (exact) mass is 489 g/mol. The molecule has 0 saturated carbocycles. The van der Waals surface area contributed by atoms with Gasteiger partial charge in [0.15, 0.2) is 0 Å². The molecule has 0 spiro atoms. The Hall–Kier alpha value is -4.78. The molecule has 0 unspecified atom stereocenters. The number of anilines is 1. The van der Waals surface area contributed by atoms with Gasteiger partial charge in [-0.05, 0) is 42.3 Å². The molecule has 0 aliphatic carbocycles. The standard InChI is InChI=1S/C26H24FN5O4/c27-19-6-3-4-17(14-19)10-12-30-25-21(26(36)31-16-23(33)29-13-11-24(34)35)8-9-22(32-25)20-7-2-1-5-18(20)15-28/h1-9,14H,10-13,16H2,(H,29,33)(H,30,32)(H,31,36)(H,34,35). The molecule has 2 amide bonds. The maximum absolute atomic E-state index is 13.5. The van der Waals surface area contributed by atoms with Crippen LogP contribution in [0.15, 0.2) is 60.7 Å². The molecule has 4 N–H and O–H groups in total. The van der Waals surface area contributed by atoms with E-state index < -0.39 is 17.8 Å². The van der Waals surface area contributed by atoms with E-state index in [4.69, 9.17) is 5.11 Å². The van der Waals surface area contributed by atoms with Crippen LogP contribution in [0.2, 0.25) is 0 Å². The van der Waals surface area contributed by atoms with Gasteiger partial charge in [0.25, 0.3) is 5.91 Å². The second-order valence-electron chi connectivity index (χ2n) is 7.73. The Morgan fingerprint density at radius 1 is 1.00 bits per heavy atom. The molecule has 9 nitrogen and oxygen atoms in total. The fraction of sp³-hybridized carbons (Fsp3) is 0.192. The van der Waals surface area contributed by atoms with E-state index in [0.717, 1.165) is 5.56 Å². The zero-order valence-electron chi connectivity index (χ0n) is 19.3. The molecular weight excluding hydrogens is 465 g/mol. The first-order chi connectivity index (χ1) is 17.4. The van der Waals surface area contributed by atoms with Gasteiger partial charge in [-0.3, -0.25) is 14.4 Å². The highest BCUT2D eigenvalue weighted by molar-refractivity contribution is 6.00. The van der Waals surface area contributed by atoms with Gasteiger partial charge in [0, 0.05) is 18.7 Å². The van der Waals surface area contributed by atoms with Crippen molar-refractivity contribution in [3.05, 3.63) is 83.2 Å². The molecular formula is C26H24FN5O4. The van der Waals surface area contributed by atoms with Crippen LogP contribution >= 0.6 is 0 Å². The molecule has 10 heteroatoms. The summed E-state index contributed by atoms with van der Waals surface area (Å²) in [5.74, 6) is -2.25. The lowest BCUT2D eigenvalue weighted by Gasteiger charge is -2.14. The van der Waals surface area contributed by atoms with Crippen molar-refractivity contribution in [1.29, 1.82) is 5.26 Å². The fourth-order valence-corrected chi connectivity index (χ4v) is 3.38. The van der Waals surface area contributed by atoms with Crippen LogP contribution in [0.25, 0.3) is 11.3 Å². The Balaban J connectivity index is 1.77. The minimum absolute atomic E-state index is 0.0501. The van der Waals surface area contributed by atoms with Gasteiger partial charge in [0.2, 0.25) is 5.91 Å². The van der Waals surface area contributed by atoms with Gasteiger partial charge >= 0.3 is 5.97 Å². The number of benzene rings is 2. The Kier molecular flexibility index (Phi) is 9.06. The second-order valence-corrected chi connectivity index (χ2v) is 7.73. The first-order valence-electron chi connectivity index (χ1n) is 11.1. The van der Waals surface area contributed by atoms with Crippen LogP contribution in [-0.2, 0) is 16.0 Å². The van der Waals surface area contributed by atoms with Gasteiger partial charge in [0.1, 0.15) is 11.6 Å². The Morgan fingerprint density at radius 2 is 1.81 bits per heavy atom. The largest absolute Gasteiger partial charge is 0.481 e. The van der Waals surface area contributed by atoms with E-state index in [1.807, 2.05) is 0 Å². The first-order valence-corrected chi connectivity index (χ1v) is 11.1. The number of carbonyl (C=O) groups is 3. The lowest BCUT2D eigenvalue weighted by atomic mass is 10.0. The van der Waals surface area contributed by atoms with Crippen LogP contribution in [0.5, 0.6) is 0 Å². The van der Waals surface area contributed by atoms with Gasteiger partial charge in [-0.1, -0.05) is 30.3 Å². The van der Waals surface area contributed by atoms with Crippen LogP contribution in [0.3, 0.4) is 0 Å². The highest BCUT2D eigenvalue weighted by Crippen LogP contribution is 2.25. The number of halogens is 1. The maximum Gasteiger partial charge on any atom is 0.305 e. The summed E-state index contributed by atoms with van der Waals surface area (Å²) in [5, 5.41) is 26.1. The third kappa shape index (κ3) is 7.36. The van der Waals surface area contributed by atoms with Crippen molar-refractivity contribution >= 4 is 23.6 Å². The minimum Gasteiger partial charge on any atom is -0.481 e. The van der Waals surface area contributed by atoms with E-state index in [1.165, 1.54) is 12.1 Å². The number of carboxylic acid groups (broad SMARTS) is 1. The molecule has 0 bridgehead atoms. The molecule has 1 heterocycles. The average molecular weight is 490 g/mol. The molecule has 1 aromatic heterocycles. The van der Waals surface area contributed by atoms with Gasteiger partial charge in [-0.25, -0.2) is 9.37 Å². The van der Waals surface area contributed by atoms with Crippen LogP contribution in [-0.4, -0.2) is 47.5 Å². The van der Waals surface area contributed by atoms with E-state index in [9.17, 15) is 24.0 Å². The van der Waals surface area contributed by atoms with Gasteiger partial charge in [0.05, 0.1) is 35.9 Å². The van der Waals surface area contributed by atoms with Crippen LogP contribution in [0, 0.1) is 17.1 Å².